The van der Waals surface area contributed by atoms with E-state index in [1.165, 1.54) is 0 Å². The molecule has 1 aliphatic heterocycles. The number of nitrogens with zero attached hydrogens (tertiary/aromatic N) is 5. The molecule has 2 unspecified atom stereocenters. The van der Waals surface area contributed by atoms with E-state index >= 15 is 0 Å². The molecule has 1 fully saturated rings. The lowest BCUT2D eigenvalue weighted by Gasteiger charge is -2.39. The van der Waals surface area contributed by atoms with Gasteiger partial charge in [-0.3, -0.25) is 0 Å². The molecule has 2 atom stereocenters. The van der Waals surface area contributed by atoms with Crippen LogP contribution in [0.2, 0.25) is 0 Å². The van der Waals surface area contributed by atoms with E-state index in [1.54, 1.807) is 6.07 Å². The van der Waals surface area contributed by atoms with Gasteiger partial charge in [-0.1, -0.05) is 13.0 Å². The van der Waals surface area contributed by atoms with Crippen molar-refractivity contribution in [3.05, 3.63) is 53.9 Å². The predicted octanol–water partition coefficient (Wildman–Crippen LogP) is 3.13. The SMILES string of the molecule is CCNC(=NCc1ccc(F)c(CN(C)C)c1)N1CCC(C)C(n2ccnc2)C1. The molecule has 0 aliphatic carbocycles. The Kier molecular flexibility index (Phi) is 7.25. The van der Waals surface area contributed by atoms with Crippen LogP contribution < -0.4 is 5.32 Å². The molecule has 6 nitrogen and oxygen atoms in total. The molecule has 0 bridgehead atoms. The zero-order valence-electron chi connectivity index (χ0n) is 18.0. The van der Waals surface area contributed by atoms with E-state index in [0.29, 0.717) is 30.6 Å². The molecule has 1 aromatic carbocycles. The molecule has 1 aromatic heterocycles. The van der Waals surface area contributed by atoms with E-state index in [4.69, 9.17) is 4.99 Å². The van der Waals surface area contributed by atoms with Crippen molar-refractivity contribution in [3.8, 4) is 0 Å². The lowest BCUT2D eigenvalue weighted by atomic mass is 9.93. The Hall–Kier alpha value is -2.41. The number of imidazole rings is 1. The summed E-state index contributed by atoms with van der Waals surface area (Å²) in [5.41, 5.74) is 1.73. The van der Waals surface area contributed by atoms with Crippen molar-refractivity contribution < 1.29 is 4.39 Å². The summed E-state index contributed by atoms with van der Waals surface area (Å²) in [6.07, 6.45) is 6.89. The highest BCUT2D eigenvalue weighted by Crippen LogP contribution is 2.27. The van der Waals surface area contributed by atoms with Crippen LogP contribution >= 0.6 is 0 Å². The fourth-order valence-corrected chi connectivity index (χ4v) is 3.88. The second-order valence-corrected chi connectivity index (χ2v) is 8.12. The Labute approximate surface area is 173 Å². The molecule has 0 amide bonds. The third-order valence-electron chi connectivity index (χ3n) is 5.47. The Balaban J connectivity index is 1.74. The van der Waals surface area contributed by atoms with E-state index in [1.807, 2.05) is 49.8 Å². The predicted molar refractivity (Wildman–Crippen MR) is 115 cm³/mol. The molecular weight excluding hydrogens is 367 g/mol. The van der Waals surface area contributed by atoms with Crippen LogP contribution in [-0.2, 0) is 13.1 Å². The Morgan fingerprint density at radius 3 is 2.90 bits per heavy atom. The van der Waals surface area contributed by atoms with Crippen LogP contribution in [0, 0.1) is 11.7 Å². The third-order valence-corrected chi connectivity index (χ3v) is 5.47. The standard InChI is InChI=1S/C22H33FN6/c1-5-25-22(26-13-18-6-7-20(23)19(12-18)14-27(3)4)28-10-8-17(2)21(15-28)29-11-9-24-16-29/h6-7,9,11-12,16-17,21H,5,8,10,13-15H2,1-4H3,(H,25,26). The van der Waals surface area contributed by atoms with Crippen LogP contribution in [0.4, 0.5) is 4.39 Å². The van der Waals surface area contributed by atoms with E-state index in [0.717, 1.165) is 37.6 Å². The number of rotatable bonds is 6. The zero-order valence-corrected chi connectivity index (χ0v) is 18.0. The second kappa shape index (κ2) is 9.87. The van der Waals surface area contributed by atoms with Gasteiger partial charge in [0.1, 0.15) is 5.82 Å². The van der Waals surface area contributed by atoms with Crippen LogP contribution in [0.1, 0.15) is 37.4 Å². The molecule has 7 heteroatoms. The van der Waals surface area contributed by atoms with Crippen molar-refractivity contribution in [1.29, 1.82) is 0 Å². The summed E-state index contributed by atoms with van der Waals surface area (Å²) in [5, 5.41) is 3.43. The molecule has 1 N–H and O–H groups in total. The minimum atomic E-state index is -0.161. The van der Waals surface area contributed by atoms with Gasteiger partial charge in [0.2, 0.25) is 0 Å². The molecule has 0 radical (unpaired) electrons. The van der Waals surface area contributed by atoms with E-state index in [2.05, 4.69) is 33.6 Å². The first kappa shape index (κ1) is 21.3. The van der Waals surface area contributed by atoms with Crippen molar-refractivity contribution >= 4 is 5.96 Å². The number of nitrogens with one attached hydrogen (secondary N) is 1. The van der Waals surface area contributed by atoms with Gasteiger partial charge in [0.25, 0.3) is 0 Å². The average Bonchev–Trinajstić information content (AvgIpc) is 3.22. The van der Waals surface area contributed by atoms with Crippen molar-refractivity contribution in [1.82, 2.24) is 24.7 Å². The number of piperidine rings is 1. The van der Waals surface area contributed by atoms with Gasteiger partial charge < -0.3 is 19.7 Å². The molecule has 2 aromatic rings. The summed E-state index contributed by atoms with van der Waals surface area (Å²) >= 11 is 0. The fraction of sp³-hybridized carbons (Fsp3) is 0.545. The van der Waals surface area contributed by atoms with Crippen LogP contribution in [0.15, 0.2) is 41.9 Å². The van der Waals surface area contributed by atoms with Crippen LogP contribution in [0.25, 0.3) is 0 Å². The lowest BCUT2D eigenvalue weighted by molar-refractivity contribution is 0.189. The molecule has 3 rings (SSSR count). The topological polar surface area (TPSA) is 48.7 Å². The van der Waals surface area contributed by atoms with Gasteiger partial charge in [0.05, 0.1) is 18.9 Å². The number of likely N-dealkylation sites (tertiary alicyclic amines) is 1. The van der Waals surface area contributed by atoms with Gasteiger partial charge in [-0.25, -0.2) is 14.4 Å². The highest BCUT2D eigenvalue weighted by Gasteiger charge is 2.28. The van der Waals surface area contributed by atoms with E-state index in [9.17, 15) is 4.39 Å². The van der Waals surface area contributed by atoms with Gasteiger partial charge in [-0.2, -0.15) is 0 Å². The molecule has 2 heterocycles. The van der Waals surface area contributed by atoms with Crippen molar-refractivity contribution in [2.75, 3.05) is 33.7 Å². The second-order valence-electron chi connectivity index (χ2n) is 8.12. The van der Waals surface area contributed by atoms with Gasteiger partial charge in [0.15, 0.2) is 5.96 Å². The summed E-state index contributed by atoms with van der Waals surface area (Å²) in [6.45, 7) is 8.20. The van der Waals surface area contributed by atoms with E-state index < -0.39 is 0 Å². The summed E-state index contributed by atoms with van der Waals surface area (Å²) in [6, 6.07) is 5.68. The number of hydrogen-bond acceptors (Lipinski definition) is 3. The van der Waals surface area contributed by atoms with Gasteiger partial charge in [-0.05, 0) is 51.1 Å². The molecule has 29 heavy (non-hydrogen) atoms. The summed E-state index contributed by atoms with van der Waals surface area (Å²) < 4.78 is 16.3. The Morgan fingerprint density at radius 1 is 1.38 bits per heavy atom. The minimum Gasteiger partial charge on any atom is -0.357 e. The minimum absolute atomic E-state index is 0.161. The summed E-state index contributed by atoms with van der Waals surface area (Å²) in [7, 11) is 3.89. The number of guanidine groups is 1. The molecule has 158 valence electrons. The van der Waals surface area contributed by atoms with Crippen LogP contribution in [-0.4, -0.2) is 59.0 Å². The van der Waals surface area contributed by atoms with E-state index in [-0.39, 0.29) is 5.82 Å². The zero-order chi connectivity index (χ0) is 20.8. The smallest absolute Gasteiger partial charge is 0.194 e. The Morgan fingerprint density at radius 2 is 2.21 bits per heavy atom. The third kappa shape index (κ3) is 5.56. The summed E-state index contributed by atoms with van der Waals surface area (Å²) in [5.74, 6) is 1.35. The number of aromatic nitrogens is 2. The number of halogens is 1. The monoisotopic (exact) mass is 400 g/mol. The van der Waals surface area contributed by atoms with Crippen molar-refractivity contribution in [2.24, 2.45) is 10.9 Å². The maximum Gasteiger partial charge on any atom is 0.194 e. The number of aliphatic imine (C=N–C) groups is 1. The quantitative estimate of drug-likeness (QED) is 0.598. The molecule has 0 saturated carbocycles. The van der Waals surface area contributed by atoms with Crippen LogP contribution in [0.5, 0.6) is 0 Å². The maximum absolute atomic E-state index is 14.1. The van der Waals surface area contributed by atoms with Gasteiger partial charge in [-0.15, -0.1) is 0 Å². The van der Waals surface area contributed by atoms with Crippen LogP contribution in [0.3, 0.4) is 0 Å². The number of benzene rings is 1. The van der Waals surface area contributed by atoms with Crippen molar-refractivity contribution in [3.63, 3.8) is 0 Å². The number of hydrogen-bond donors (Lipinski definition) is 1. The average molecular weight is 401 g/mol. The highest BCUT2D eigenvalue weighted by atomic mass is 19.1. The van der Waals surface area contributed by atoms with Gasteiger partial charge in [0, 0.05) is 44.1 Å². The molecular formula is C22H33FN6. The molecule has 0 spiro atoms. The first-order valence-electron chi connectivity index (χ1n) is 10.4. The Bertz CT molecular complexity index is 802. The fourth-order valence-electron chi connectivity index (χ4n) is 3.88. The maximum atomic E-state index is 14.1. The largest absolute Gasteiger partial charge is 0.357 e. The normalized spacial score (nSPS) is 20.3. The first-order valence-corrected chi connectivity index (χ1v) is 10.4. The lowest BCUT2D eigenvalue weighted by Crippen LogP contribution is -2.49. The van der Waals surface area contributed by atoms with Crippen molar-refractivity contribution in [2.45, 2.75) is 39.4 Å². The van der Waals surface area contributed by atoms with Gasteiger partial charge >= 0.3 is 0 Å². The first-order chi connectivity index (χ1) is 14.0. The molecule has 1 aliphatic rings. The highest BCUT2D eigenvalue weighted by molar-refractivity contribution is 5.80. The molecule has 1 saturated heterocycles. The summed E-state index contributed by atoms with van der Waals surface area (Å²) in [4.78, 5) is 13.4.